The number of carboxylic acid groups (broad SMARTS) is 1. The Morgan fingerprint density at radius 2 is 0.797 bits per heavy atom. The zero-order valence-corrected chi connectivity index (χ0v) is 44.1. The topological polar surface area (TPSA) is 111 Å². The Bertz CT molecular complexity index is 1540. The van der Waals surface area contributed by atoms with Crippen LogP contribution in [0.25, 0.3) is 0 Å². The van der Waals surface area contributed by atoms with Crippen molar-refractivity contribution >= 4 is 17.9 Å². The molecule has 0 heterocycles. The van der Waals surface area contributed by atoms with Crippen molar-refractivity contribution in [3.05, 3.63) is 122 Å². The molecule has 69 heavy (non-hydrogen) atoms. The van der Waals surface area contributed by atoms with Gasteiger partial charge in [0.15, 0.2) is 12.4 Å². The van der Waals surface area contributed by atoms with Gasteiger partial charge in [0.25, 0.3) is 0 Å². The van der Waals surface area contributed by atoms with Crippen molar-refractivity contribution in [1.29, 1.82) is 0 Å². The molecule has 0 amide bonds. The summed E-state index contributed by atoms with van der Waals surface area (Å²) in [6.45, 7) is 4.42. The standard InChI is InChI=1S/C60H97NO8/c1-6-8-10-12-14-16-18-20-22-24-25-26-27-28-29-30-31-32-33-35-37-39-41-43-45-47-49-51-58(63)69-56(55-68-60(59(64)65)66-53-52-61(3,4)5)54-67-57(62)50-48-46-44-42-40-38-36-34-23-21-19-17-15-13-11-9-7-2/h8-11,14-17,20-23,25-26,28-29,36,38,42,44,56,60H,6-7,12-13,18-19,24,27,30-35,37,39-41,43,45-55H2,1-5H3/b10-8-,11-9-,16-14-,17-15-,22-20-,23-21-,26-25-,29-28-,38-36-,44-42-. The number of ether oxygens (including phenoxy) is 4. The quantitative estimate of drug-likeness (QED) is 0.0195. The van der Waals surface area contributed by atoms with Crippen LogP contribution < -0.4 is 5.11 Å². The minimum atomic E-state index is -1.64. The number of allylic oxidation sites excluding steroid dienone is 20. The molecule has 0 saturated heterocycles. The molecule has 390 valence electrons. The van der Waals surface area contributed by atoms with Crippen LogP contribution in [0.2, 0.25) is 0 Å². The predicted octanol–water partition coefficient (Wildman–Crippen LogP) is 14.0. The van der Waals surface area contributed by atoms with E-state index in [0.29, 0.717) is 23.9 Å². The van der Waals surface area contributed by atoms with E-state index in [4.69, 9.17) is 18.9 Å². The van der Waals surface area contributed by atoms with Gasteiger partial charge in [-0.15, -0.1) is 0 Å². The van der Waals surface area contributed by atoms with Crippen molar-refractivity contribution in [2.45, 2.75) is 193 Å². The minimum absolute atomic E-state index is 0.131. The fourth-order valence-corrected chi connectivity index (χ4v) is 6.66. The molecule has 0 N–H and O–H groups in total. The van der Waals surface area contributed by atoms with Crippen molar-refractivity contribution in [2.24, 2.45) is 0 Å². The van der Waals surface area contributed by atoms with Gasteiger partial charge in [-0.05, 0) is 96.3 Å². The van der Waals surface area contributed by atoms with Crippen molar-refractivity contribution in [1.82, 2.24) is 0 Å². The molecule has 0 aromatic rings. The number of carbonyl (C=O) groups is 3. The Hall–Kier alpha value is -4.31. The van der Waals surface area contributed by atoms with Gasteiger partial charge in [-0.1, -0.05) is 193 Å². The highest BCUT2D eigenvalue weighted by atomic mass is 16.7. The number of nitrogens with zero attached hydrogens (tertiary/aromatic N) is 1. The van der Waals surface area contributed by atoms with E-state index >= 15 is 0 Å². The van der Waals surface area contributed by atoms with Crippen molar-refractivity contribution in [3.63, 3.8) is 0 Å². The van der Waals surface area contributed by atoms with Crippen LogP contribution in [0, 0.1) is 0 Å². The minimum Gasteiger partial charge on any atom is -0.545 e. The van der Waals surface area contributed by atoms with Crippen LogP contribution in [0.5, 0.6) is 0 Å². The first-order valence-corrected chi connectivity index (χ1v) is 26.7. The monoisotopic (exact) mass is 960 g/mol. The SMILES string of the molecule is CC/C=C\C/C=C\C/C=C\C/C=C\C/C=C\CCCCCCCCCCCCCC(=O)OC(COC(=O)CCC/C=C\C/C=C\C/C=C\C/C=C\C/C=C\CC)COC(OCC[N+](C)(C)C)C(=O)[O-]. The number of likely N-dealkylation sites (N-methyl/N-ethyl adjacent to an activating group) is 1. The van der Waals surface area contributed by atoms with Gasteiger partial charge in [0.1, 0.15) is 13.2 Å². The lowest BCUT2D eigenvalue weighted by atomic mass is 10.0. The second-order valence-corrected chi connectivity index (χ2v) is 18.4. The van der Waals surface area contributed by atoms with Crippen LogP contribution in [-0.4, -0.2) is 82.3 Å². The van der Waals surface area contributed by atoms with Gasteiger partial charge >= 0.3 is 11.9 Å². The van der Waals surface area contributed by atoms with Crippen LogP contribution in [0.1, 0.15) is 181 Å². The third-order valence-electron chi connectivity index (χ3n) is 10.7. The van der Waals surface area contributed by atoms with Crippen molar-refractivity contribution in [2.75, 3.05) is 47.5 Å². The molecular weight excluding hydrogens is 863 g/mol. The second kappa shape index (κ2) is 50.1. The predicted molar refractivity (Wildman–Crippen MR) is 287 cm³/mol. The zero-order chi connectivity index (χ0) is 50.6. The van der Waals surface area contributed by atoms with Gasteiger partial charge in [0.2, 0.25) is 0 Å². The summed E-state index contributed by atoms with van der Waals surface area (Å²) in [7, 11) is 5.89. The first kappa shape index (κ1) is 64.7. The summed E-state index contributed by atoms with van der Waals surface area (Å²) in [5.74, 6) is -2.38. The van der Waals surface area contributed by atoms with E-state index in [9.17, 15) is 19.5 Å². The molecule has 2 unspecified atom stereocenters. The van der Waals surface area contributed by atoms with E-state index in [-0.39, 0.29) is 32.7 Å². The normalized spacial score (nSPS) is 13.8. The molecule has 0 aliphatic heterocycles. The molecule has 0 radical (unpaired) electrons. The smallest absolute Gasteiger partial charge is 0.306 e. The molecule has 0 fully saturated rings. The van der Waals surface area contributed by atoms with Gasteiger partial charge in [0, 0.05) is 12.8 Å². The Balaban J connectivity index is 4.37. The third-order valence-corrected chi connectivity index (χ3v) is 10.7. The highest BCUT2D eigenvalue weighted by molar-refractivity contribution is 5.70. The summed E-state index contributed by atoms with van der Waals surface area (Å²) in [4.78, 5) is 37.2. The van der Waals surface area contributed by atoms with Gasteiger partial charge in [-0.3, -0.25) is 9.59 Å². The van der Waals surface area contributed by atoms with Crippen molar-refractivity contribution in [3.8, 4) is 0 Å². The first-order chi connectivity index (χ1) is 33.6. The average molecular weight is 960 g/mol. The molecule has 0 saturated carbocycles. The highest BCUT2D eigenvalue weighted by Crippen LogP contribution is 2.14. The lowest BCUT2D eigenvalue weighted by Crippen LogP contribution is -2.44. The molecule has 2 atom stereocenters. The Labute approximate surface area is 421 Å². The van der Waals surface area contributed by atoms with Crippen LogP contribution in [-0.2, 0) is 33.3 Å². The number of esters is 2. The highest BCUT2D eigenvalue weighted by Gasteiger charge is 2.21. The lowest BCUT2D eigenvalue weighted by Gasteiger charge is -2.26. The molecule has 0 bridgehead atoms. The maximum absolute atomic E-state index is 12.8. The number of rotatable bonds is 47. The van der Waals surface area contributed by atoms with Crippen LogP contribution in [0.4, 0.5) is 0 Å². The van der Waals surface area contributed by atoms with E-state index in [1.165, 1.54) is 44.9 Å². The molecule has 0 aromatic heterocycles. The summed E-state index contributed by atoms with van der Waals surface area (Å²) in [5, 5.41) is 11.7. The third kappa shape index (κ3) is 51.4. The van der Waals surface area contributed by atoms with Crippen LogP contribution in [0.15, 0.2) is 122 Å². The number of unbranched alkanes of at least 4 members (excludes halogenated alkanes) is 12. The molecule has 9 nitrogen and oxygen atoms in total. The fraction of sp³-hybridized carbons (Fsp3) is 0.617. The van der Waals surface area contributed by atoms with Gasteiger partial charge in [-0.2, -0.15) is 0 Å². The molecule has 0 aliphatic rings. The van der Waals surface area contributed by atoms with E-state index < -0.39 is 30.3 Å². The molecule has 9 heteroatoms. The Morgan fingerprint density at radius 1 is 0.435 bits per heavy atom. The first-order valence-electron chi connectivity index (χ1n) is 26.7. The van der Waals surface area contributed by atoms with Crippen LogP contribution >= 0.6 is 0 Å². The van der Waals surface area contributed by atoms with E-state index in [1.807, 2.05) is 21.1 Å². The maximum Gasteiger partial charge on any atom is 0.306 e. The maximum atomic E-state index is 12.8. The fourth-order valence-electron chi connectivity index (χ4n) is 6.66. The zero-order valence-electron chi connectivity index (χ0n) is 44.1. The number of carbonyl (C=O) groups excluding carboxylic acids is 3. The summed E-state index contributed by atoms with van der Waals surface area (Å²) >= 11 is 0. The largest absolute Gasteiger partial charge is 0.545 e. The molecule has 0 spiro atoms. The molecular formula is C60H97NO8. The summed E-state index contributed by atoms with van der Waals surface area (Å²) < 4.78 is 22.6. The van der Waals surface area contributed by atoms with Crippen molar-refractivity contribution < 1.29 is 42.9 Å². The summed E-state index contributed by atoms with van der Waals surface area (Å²) in [6.07, 6.45) is 66.8. The summed E-state index contributed by atoms with van der Waals surface area (Å²) in [5.41, 5.74) is 0. The van der Waals surface area contributed by atoms with E-state index in [1.54, 1.807) is 0 Å². The molecule has 0 rings (SSSR count). The number of hydrogen-bond donors (Lipinski definition) is 0. The number of carboxylic acids is 1. The van der Waals surface area contributed by atoms with E-state index in [0.717, 1.165) is 96.3 Å². The Kier molecular flexibility index (Phi) is 47.0. The van der Waals surface area contributed by atoms with Crippen LogP contribution in [0.3, 0.4) is 0 Å². The number of aliphatic carboxylic acids is 1. The summed E-state index contributed by atoms with van der Waals surface area (Å²) in [6, 6.07) is 0. The second-order valence-electron chi connectivity index (χ2n) is 18.4. The lowest BCUT2D eigenvalue weighted by molar-refractivity contribution is -0.870. The number of quaternary nitrogens is 1. The van der Waals surface area contributed by atoms with E-state index in [2.05, 4.69) is 135 Å². The van der Waals surface area contributed by atoms with Gasteiger partial charge < -0.3 is 33.3 Å². The van der Waals surface area contributed by atoms with Gasteiger partial charge in [0.05, 0.1) is 40.3 Å². The Morgan fingerprint density at radius 3 is 1.20 bits per heavy atom. The molecule has 0 aliphatic carbocycles. The molecule has 0 aromatic carbocycles. The van der Waals surface area contributed by atoms with Gasteiger partial charge in [-0.25, -0.2) is 0 Å². The number of hydrogen-bond acceptors (Lipinski definition) is 8. The average Bonchev–Trinajstić information content (AvgIpc) is 3.31.